The summed E-state index contributed by atoms with van der Waals surface area (Å²) in [6.45, 7) is 1.61. The van der Waals surface area contributed by atoms with Gasteiger partial charge in [0, 0.05) is 32.9 Å². The lowest BCUT2D eigenvalue weighted by Gasteiger charge is -2.32. The first-order chi connectivity index (χ1) is 14.6. The van der Waals surface area contributed by atoms with Crippen LogP contribution in [-0.2, 0) is 18.4 Å². The molecule has 0 aliphatic carbocycles. The van der Waals surface area contributed by atoms with Crippen molar-refractivity contribution in [1.82, 2.24) is 19.9 Å². The molecule has 0 bridgehead atoms. The number of anilines is 1. The lowest BCUT2D eigenvalue weighted by atomic mass is 9.97. The summed E-state index contributed by atoms with van der Waals surface area (Å²) in [4.78, 5) is 36.3. The van der Waals surface area contributed by atoms with Crippen LogP contribution in [0.5, 0.6) is 5.75 Å². The van der Waals surface area contributed by atoms with Gasteiger partial charge in [-0.05, 0) is 42.7 Å². The number of aromatic nitrogens is 3. The van der Waals surface area contributed by atoms with E-state index in [-0.39, 0.29) is 17.4 Å². The predicted octanol–water partition coefficient (Wildman–Crippen LogP) is 1.87. The van der Waals surface area contributed by atoms with Crippen LogP contribution in [0, 0.1) is 5.92 Å². The van der Waals surface area contributed by atoms with Crippen molar-refractivity contribution in [3.63, 3.8) is 0 Å². The summed E-state index contributed by atoms with van der Waals surface area (Å²) in [7, 11) is 3.32. The van der Waals surface area contributed by atoms with Crippen LogP contribution in [0.2, 0.25) is 0 Å². The van der Waals surface area contributed by atoms with Crippen LogP contribution in [0.15, 0.2) is 47.4 Å². The smallest absolute Gasteiger partial charge is 0.294 e. The highest BCUT2D eigenvalue weighted by atomic mass is 16.5. The van der Waals surface area contributed by atoms with E-state index >= 15 is 0 Å². The van der Waals surface area contributed by atoms with Crippen molar-refractivity contribution in [1.29, 1.82) is 0 Å². The normalized spacial score (nSPS) is 16.5. The Morgan fingerprint density at radius 1 is 1.30 bits per heavy atom. The average molecular weight is 407 g/mol. The molecule has 1 aliphatic heterocycles. The van der Waals surface area contributed by atoms with Crippen molar-refractivity contribution in [3.05, 3.63) is 58.5 Å². The number of carbonyl (C=O) groups is 1. The Balaban J connectivity index is 1.48. The third-order valence-corrected chi connectivity index (χ3v) is 5.50. The fraction of sp³-hybridized carbons (Fsp3) is 0.364. The van der Waals surface area contributed by atoms with E-state index < -0.39 is 0 Å². The second kappa shape index (κ2) is 8.52. The van der Waals surface area contributed by atoms with Gasteiger partial charge in [0.2, 0.25) is 5.91 Å². The van der Waals surface area contributed by atoms with Crippen LogP contribution in [0.4, 0.5) is 5.82 Å². The quantitative estimate of drug-likeness (QED) is 0.695. The van der Waals surface area contributed by atoms with Crippen molar-refractivity contribution in [2.75, 3.05) is 25.1 Å². The van der Waals surface area contributed by atoms with E-state index in [4.69, 9.17) is 4.74 Å². The standard InChI is InChI=1S/C22H25N5O3/c1-26-19-18(9-4-10-23-19)25-20(22(26)29)27-11-5-7-16(14-27)21(28)24-13-15-6-3-8-17(12-15)30-2/h3-4,6,8-10,12,16H,5,7,11,13-14H2,1-2H3,(H,24,28)/t16-/m1/s1. The number of fused-ring (bicyclic) bond motifs is 1. The molecule has 0 unspecified atom stereocenters. The number of aryl methyl sites for hydroxylation is 1. The first kappa shape index (κ1) is 19.9. The molecule has 1 aliphatic rings. The average Bonchev–Trinajstić information content (AvgIpc) is 2.80. The van der Waals surface area contributed by atoms with Crippen LogP contribution in [-0.4, -0.2) is 40.6 Å². The van der Waals surface area contributed by atoms with Crippen molar-refractivity contribution in [3.8, 4) is 5.75 Å². The number of hydrogen-bond donors (Lipinski definition) is 1. The lowest BCUT2D eigenvalue weighted by molar-refractivity contribution is -0.125. The van der Waals surface area contributed by atoms with Gasteiger partial charge in [0.1, 0.15) is 11.3 Å². The van der Waals surface area contributed by atoms with Gasteiger partial charge < -0.3 is 15.0 Å². The van der Waals surface area contributed by atoms with Crippen molar-refractivity contribution >= 4 is 22.9 Å². The maximum atomic E-state index is 12.8. The maximum Gasteiger partial charge on any atom is 0.294 e. The van der Waals surface area contributed by atoms with E-state index in [1.165, 1.54) is 4.57 Å². The highest BCUT2D eigenvalue weighted by molar-refractivity contribution is 5.79. The summed E-state index contributed by atoms with van der Waals surface area (Å²) < 4.78 is 6.75. The number of methoxy groups -OCH3 is 1. The van der Waals surface area contributed by atoms with Gasteiger partial charge in [-0.1, -0.05) is 12.1 Å². The number of ether oxygens (including phenoxy) is 1. The molecule has 1 aromatic carbocycles. The fourth-order valence-electron chi connectivity index (χ4n) is 3.85. The Morgan fingerprint density at radius 2 is 2.17 bits per heavy atom. The van der Waals surface area contributed by atoms with Gasteiger partial charge >= 0.3 is 0 Å². The Kier molecular flexibility index (Phi) is 5.65. The molecule has 1 amide bonds. The molecule has 3 aromatic rings. The van der Waals surface area contributed by atoms with E-state index in [9.17, 15) is 9.59 Å². The SMILES string of the molecule is COc1cccc(CNC(=O)[C@@H]2CCCN(c3nc4cccnc4n(C)c3=O)C2)c1. The van der Waals surface area contributed by atoms with Gasteiger partial charge in [-0.3, -0.25) is 14.2 Å². The Bertz CT molecular complexity index is 1130. The number of rotatable bonds is 5. The summed E-state index contributed by atoms with van der Waals surface area (Å²) in [6, 6.07) is 11.3. The monoisotopic (exact) mass is 407 g/mol. The molecule has 0 radical (unpaired) electrons. The van der Waals surface area contributed by atoms with E-state index in [1.807, 2.05) is 35.2 Å². The summed E-state index contributed by atoms with van der Waals surface area (Å²) >= 11 is 0. The van der Waals surface area contributed by atoms with Gasteiger partial charge in [-0.2, -0.15) is 0 Å². The van der Waals surface area contributed by atoms with Crippen LogP contribution in [0.3, 0.4) is 0 Å². The van der Waals surface area contributed by atoms with Gasteiger partial charge in [0.25, 0.3) is 5.56 Å². The third-order valence-electron chi connectivity index (χ3n) is 5.50. The van der Waals surface area contributed by atoms with E-state index in [2.05, 4.69) is 15.3 Å². The van der Waals surface area contributed by atoms with Crippen molar-refractivity contribution in [2.24, 2.45) is 13.0 Å². The first-order valence-electron chi connectivity index (χ1n) is 10.0. The number of nitrogens with zero attached hydrogens (tertiary/aromatic N) is 4. The molecule has 0 saturated carbocycles. The Morgan fingerprint density at radius 3 is 3.00 bits per heavy atom. The number of carbonyl (C=O) groups excluding carboxylic acids is 1. The van der Waals surface area contributed by atoms with Gasteiger partial charge in [0.05, 0.1) is 13.0 Å². The zero-order chi connectivity index (χ0) is 21.1. The molecule has 1 atom stereocenters. The molecule has 4 rings (SSSR count). The first-order valence-corrected chi connectivity index (χ1v) is 10.0. The molecule has 8 heteroatoms. The summed E-state index contributed by atoms with van der Waals surface area (Å²) in [5.41, 5.74) is 2.00. The van der Waals surface area contributed by atoms with E-state index in [0.29, 0.717) is 36.6 Å². The van der Waals surface area contributed by atoms with Crippen LogP contribution < -0.4 is 20.5 Å². The largest absolute Gasteiger partial charge is 0.497 e. The van der Waals surface area contributed by atoms with Crippen LogP contribution in [0.25, 0.3) is 11.2 Å². The number of nitrogens with one attached hydrogen (secondary N) is 1. The van der Waals surface area contributed by atoms with Crippen molar-refractivity contribution < 1.29 is 9.53 Å². The topological polar surface area (TPSA) is 89.3 Å². The third kappa shape index (κ3) is 3.98. The molecule has 8 nitrogen and oxygen atoms in total. The fourth-order valence-corrected chi connectivity index (χ4v) is 3.85. The lowest BCUT2D eigenvalue weighted by Crippen LogP contribution is -2.45. The number of piperidine rings is 1. The van der Waals surface area contributed by atoms with Gasteiger partial charge in [-0.15, -0.1) is 0 Å². The Labute approximate surface area is 174 Å². The minimum absolute atomic E-state index is 0.0122. The second-order valence-electron chi connectivity index (χ2n) is 7.50. The highest BCUT2D eigenvalue weighted by Gasteiger charge is 2.28. The number of pyridine rings is 1. The Hall–Kier alpha value is -3.42. The number of amides is 1. The number of hydrogen-bond acceptors (Lipinski definition) is 6. The van der Waals surface area contributed by atoms with Gasteiger partial charge in [-0.25, -0.2) is 9.97 Å². The predicted molar refractivity (Wildman–Crippen MR) is 115 cm³/mol. The minimum Gasteiger partial charge on any atom is -0.497 e. The van der Waals surface area contributed by atoms with Crippen LogP contribution in [0.1, 0.15) is 18.4 Å². The molecule has 1 fully saturated rings. The molecular formula is C22H25N5O3. The summed E-state index contributed by atoms with van der Waals surface area (Å²) in [5.74, 6) is 0.934. The summed E-state index contributed by atoms with van der Waals surface area (Å²) in [5, 5.41) is 3.01. The molecule has 1 saturated heterocycles. The molecule has 3 heterocycles. The zero-order valence-electron chi connectivity index (χ0n) is 17.2. The summed E-state index contributed by atoms with van der Waals surface area (Å²) in [6.07, 6.45) is 3.26. The number of benzene rings is 1. The molecule has 156 valence electrons. The maximum absolute atomic E-state index is 12.8. The minimum atomic E-state index is -0.196. The second-order valence-corrected chi connectivity index (χ2v) is 7.50. The molecule has 0 spiro atoms. The molecule has 2 aromatic heterocycles. The zero-order valence-corrected chi connectivity index (χ0v) is 17.2. The molecule has 1 N–H and O–H groups in total. The van der Waals surface area contributed by atoms with E-state index in [0.717, 1.165) is 24.2 Å². The highest BCUT2D eigenvalue weighted by Crippen LogP contribution is 2.21. The van der Waals surface area contributed by atoms with Gasteiger partial charge in [0.15, 0.2) is 11.5 Å². The molecular weight excluding hydrogens is 382 g/mol. The molecule has 30 heavy (non-hydrogen) atoms. The van der Waals surface area contributed by atoms with E-state index in [1.54, 1.807) is 26.4 Å². The van der Waals surface area contributed by atoms with Crippen LogP contribution >= 0.6 is 0 Å². The van der Waals surface area contributed by atoms with Crippen molar-refractivity contribution in [2.45, 2.75) is 19.4 Å².